The highest BCUT2D eigenvalue weighted by Gasteiger charge is 2.07. The third-order valence-corrected chi connectivity index (χ3v) is 2.59. The minimum absolute atomic E-state index is 0.371. The zero-order valence-electron chi connectivity index (χ0n) is 8.16. The van der Waals surface area contributed by atoms with Crippen molar-refractivity contribution in [3.8, 4) is 0 Å². The van der Waals surface area contributed by atoms with Gasteiger partial charge in [-0.05, 0) is 24.0 Å². The van der Waals surface area contributed by atoms with Gasteiger partial charge < -0.3 is 5.32 Å². The van der Waals surface area contributed by atoms with Crippen molar-refractivity contribution in [2.45, 2.75) is 19.3 Å². The van der Waals surface area contributed by atoms with Crippen molar-refractivity contribution in [1.82, 2.24) is 5.32 Å². The normalized spacial score (nSPS) is 12.1. The van der Waals surface area contributed by atoms with E-state index in [1.165, 1.54) is 0 Å². The molecule has 76 valence electrons. The Morgan fingerprint density at radius 1 is 1.50 bits per heavy atom. The summed E-state index contributed by atoms with van der Waals surface area (Å²) >= 11 is 6.04. The predicted octanol–water partition coefficient (Wildman–Crippen LogP) is 2.58. The lowest BCUT2D eigenvalue weighted by molar-refractivity contribution is -0.109. The van der Waals surface area contributed by atoms with E-state index in [4.69, 9.17) is 11.6 Å². The number of nitrogens with one attached hydrogen (secondary N) is 1. The van der Waals surface area contributed by atoms with Crippen molar-refractivity contribution in [3.05, 3.63) is 34.9 Å². The standard InChI is InChI=1S/C11H14ClNO/c1-9(6-7-13-8-14)10-4-2-3-5-11(10)12/h2-5,8-9H,6-7H2,1H3,(H,13,14). The molecule has 2 nitrogen and oxygen atoms in total. The van der Waals surface area contributed by atoms with Crippen LogP contribution in [-0.4, -0.2) is 13.0 Å². The maximum atomic E-state index is 10.1. The van der Waals surface area contributed by atoms with Crippen LogP contribution in [0.1, 0.15) is 24.8 Å². The number of halogens is 1. The maximum Gasteiger partial charge on any atom is 0.207 e. The number of carbonyl (C=O) groups is 1. The molecule has 0 aliphatic heterocycles. The van der Waals surface area contributed by atoms with Gasteiger partial charge in [0.25, 0.3) is 0 Å². The topological polar surface area (TPSA) is 29.1 Å². The molecule has 0 aliphatic carbocycles. The Balaban J connectivity index is 2.55. The molecule has 0 aromatic heterocycles. The molecular weight excluding hydrogens is 198 g/mol. The van der Waals surface area contributed by atoms with Crippen LogP contribution in [0.3, 0.4) is 0 Å². The maximum absolute atomic E-state index is 10.1. The van der Waals surface area contributed by atoms with Crippen molar-refractivity contribution >= 4 is 18.0 Å². The number of rotatable bonds is 5. The molecule has 1 aromatic carbocycles. The van der Waals surface area contributed by atoms with Gasteiger partial charge in [0.2, 0.25) is 6.41 Å². The van der Waals surface area contributed by atoms with Crippen molar-refractivity contribution < 1.29 is 4.79 Å². The fourth-order valence-corrected chi connectivity index (χ4v) is 1.71. The molecule has 1 unspecified atom stereocenters. The number of hydrogen-bond acceptors (Lipinski definition) is 1. The van der Waals surface area contributed by atoms with E-state index in [1.807, 2.05) is 24.3 Å². The van der Waals surface area contributed by atoms with E-state index >= 15 is 0 Å². The summed E-state index contributed by atoms with van der Waals surface area (Å²) in [4.78, 5) is 10.1. The van der Waals surface area contributed by atoms with Gasteiger partial charge in [-0.15, -0.1) is 0 Å². The minimum Gasteiger partial charge on any atom is -0.359 e. The Morgan fingerprint density at radius 3 is 2.86 bits per heavy atom. The number of amides is 1. The molecule has 1 rings (SSSR count). The molecule has 0 heterocycles. The van der Waals surface area contributed by atoms with Gasteiger partial charge in [0.1, 0.15) is 0 Å². The van der Waals surface area contributed by atoms with Crippen LogP contribution in [0, 0.1) is 0 Å². The van der Waals surface area contributed by atoms with Gasteiger partial charge in [-0.25, -0.2) is 0 Å². The van der Waals surface area contributed by atoms with E-state index in [1.54, 1.807) is 0 Å². The summed E-state index contributed by atoms with van der Waals surface area (Å²) in [6.45, 7) is 2.80. The molecule has 3 heteroatoms. The fraction of sp³-hybridized carbons (Fsp3) is 0.364. The molecule has 1 atom stereocenters. The average Bonchev–Trinajstić information content (AvgIpc) is 2.18. The second-order valence-electron chi connectivity index (χ2n) is 3.28. The molecule has 0 fully saturated rings. The molecular formula is C11H14ClNO. The van der Waals surface area contributed by atoms with Gasteiger partial charge in [-0.1, -0.05) is 36.7 Å². The summed E-state index contributed by atoms with van der Waals surface area (Å²) in [5.41, 5.74) is 1.14. The SMILES string of the molecule is CC(CCNC=O)c1ccccc1Cl. The predicted molar refractivity (Wildman–Crippen MR) is 58.6 cm³/mol. The third-order valence-electron chi connectivity index (χ3n) is 2.24. The van der Waals surface area contributed by atoms with Gasteiger partial charge >= 0.3 is 0 Å². The molecule has 0 radical (unpaired) electrons. The van der Waals surface area contributed by atoms with Crippen LogP contribution < -0.4 is 5.32 Å². The molecule has 0 aliphatic rings. The highest BCUT2D eigenvalue weighted by molar-refractivity contribution is 6.31. The number of carbonyl (C=O) groups excluding carboxylic acids is 1. The fourth-order valence-electron chi connectivity index (χ4n) is 1.39. The van der Waals surface area contributed by atoms with Crippen molar-refractivity contribution in [2.75, 3.05) is 6.54 Å². The summed E-state index contributed by atoms with van der Waals surface area (Å²) in [6, 6.07) is 7.81. The molecule has 0 spiro atoms. The highest BCUT2D eigenvalue weighted by Crippen LogP contribution is 2.25. The van der Waals surface area contributed by atoms with Crippen LogP contribution in [-0.2, 0) is 4.79 Å². The lowest BCUT2D eigenvalue weighted by Gasteiger charge is -2.12. The van der Waals surface area contributed by atoms with Crippen LogP contribution in [0.5, 0.6) is 0 Å². The molecule has 0 saturated heterocycles. The van der Waals surface area contributed by atoms with Gasteiger partial charge in [-0.3, -0.25) is 4.79 Å². The molecule has 1 aromatic rings. The molecule has 14 heavy (non-hydrogen) atoms. The molecule has 0 saturated carbocycles. The Hall–Kier alpha value is -1.02. The first-order valence-corrected chi connectivity index (χ1v) is 5.05. The summed E-state index contributed by atoms with van der Waals surface area (Å²) in [5.74, 6) is 0.371. The van der Waals surface area contributed by atoms with Gasteiger partial charge in [-0.2, -0.15) is 0 Å². The Labute approximate surface area is 89.3 Å². The van der Waals surface area contributed by atoms with Crippen molar-refractivity contribution in [3.63, 3.8) is 0 Å². The second-order valence-corrected chi connectivity index (χ2v) is 3.69. The highest BCUT2D eigenvalue weighted by atomic mass is 35.5. The summed E-state index contributed by atoms with van der Waals surface area (Å²) in [6.07, 6.45) is 1.63. The first kappa shape index (κ1) is 11.1. The Bertz CT molecular complexity index is 301. The van der Waals surface area contributed by atoms with E-state index in [0.717, 1.165) is 23.4 Å². The molecule has 1 amide bonds. The van der Waals surface area contributed by atoms with Crippen LogP contribution in [0.15, 0.2) is 24.3 Å². The first-order valence-electron chi connectivity index (χ1n) is 4.67. The van der Waals surface area contributed by atoms with Crippen LogP contribution in [0.4, 0.5) is 0 Å². The van der Waals surface area contributed by atoms with Crippen LogP contribution in [0.2, 0.25) is 5.02 Å². The summed E-state index contributed by atoms with van der Waals surface area (Å²) < 4.78 is 0. The number of hydrogen-bond donors (Lipinski definition) is 1. The number of benzene rings is 1. The minimum atomic E-state index is 0.371. The van der Waals surface area contributed by atoms with Crippen molar-refractivity contribution in [1.29, 1.82) is 0 Å². The third kappa shape index (κ3) is 3.04. The Morgan fingerprint density at radius 2 is 2.21 bits per heavy atom. The molecule has 0 bridgehead atoms. The van der Waals surface area contributed by atoms with Crippen molar-refractivity contribution in [2.24, 2.45) is 0 Å². The lowest BCUT2D eigenvalue weighted by Crippen LogP contribution is -2.14. The van der Waals surface area contributed by atoms with Crippen LogP contribution in [0.25, 0.3) is 0 Å². The monoisotopic (exact) mass is 211 g/mol. The van der Waals surface area contributed by atoms with E-state index in [9.17, 15) is 4.79 Å². The summed E-state index contributed by atoms with van der Waals surface area (Å²) in [5, 5.41) is 3.44. The van der Waals surface area contributed by atoms with E-state index in [0.29, 0.717) is 12.5 Å². The van der Waals surface area contributed by atoms with Crippen LogP contribution >= 0.6 is 11.6 Å². The largest absolute Gasteiger partial charge is 0.359 e. The average molecular weight is 212 g/mol. The van der Waals surface area contributed by atoms with Gasteiger partial charge in [0.05, 0.1) is 0 Å². The van der Waals surface area contributed by atoms with E-state index in [-0.39, 0.29) is 0 Å². The lowest BCUT2D eigenvalue weighted by atomic mass is 9.98. The quantitative estimate of drug-likeness (QED) is 0.589. The van der Waals surface area contributed by atoms with Gasteiger partial charge in [0, 0.05) is 11.6 Å². The van der Waals surface area contributed by atoms with E-state index in [2.05, 4.69) is 12.2 Å². The smallest absolute Gasteiger partial charge is 0.207 e. The second kappa shape index (κ2) is 5.66. The summed E-state index contributed by atoms with van der Waals surface area (Å²) in [7, 11) is 0. The zero-order valence-corrected chi connectivity index (χ0v) is 8.92. The van der Waals surface area contributed by atoms with Gasteiger partial charge in [0.15, 0.2) is 0 Å². The zero-order chi connectivity index (χ0) is 10.4. The first-order chi connectivity index (χ1) is 6.75. The van der Waals surface area contributed by atoms with E-state index < -0.39 is 0 Å². The molecule has 1 N–H and O–H groups in total. The Kier molecular flexibility index (Phi) is 4.47.